The highest BCUT2D eigenvalue weighted by Gasteiger charge is 2.43. The van der Waals surface area contributed by atoms with E-state index in [0.29, 0.717) is 21.4 Å². The fourth-order valence-corrected chi connectivity index (χ4v) is 6.10. The highest BCUT2D eigenvalue weighted by Crippen LogP contribution is 2.44. The van der Waals surface area contributed by atoms with E-state index in [0.717, 1.165) is 36.8 Å². The third-order valence-electron chi connectivity index (χ3n) is 6.09. The fourth-order valence-electron chi connectivity index (χ4n) is 4.38. The summed E-state index contributed by atoms with van der Waals surface area (Å²) in [6.07, 6.45) is 5.52. The minimum Gasteiger partial charge on any atom is -0.352 e. The van der Waals surface area contributed by atoms with Crippen molar-refractivity contribution >= 4 is 46.8 Å². The average Bonchev–Trinajstić information content (AvgIpc) is 3.21. The third kappa shape index (κ3) is 4.89. The summed E-state index contributed by atoms with van der Waals surface area (Å²) >= 11 is 14.0. The molecule has 0 radical (unpaired) electrons. The predicted molar refractivity (Wildman–Crippen MR) is 128 cm³/mol. The molecule has 4 rings (SSSR count). The summed E-state index contributed by atoms with van der Waals surface area (Å²) in [5.41, 5.74) is 2.38. The molecule has 1 saturated heterocycles. The van der Waals surface area contributed by atoms with Crippen LogP contribution in [0.5, 0.6) is 0 Å². The molecule has 1 N–H and O–H groups in total. The van der Waals surface area contributed by atoms with Crippen LogP contribution in [-0.2, 0) is 4.79 Å². The molecule has 31 heavy (non-hydrogen) atoms. The van der Waals surface area contributed by atoms with Crippen molar-refractivity contribution in [2.75, 3.05) is 5.75 Å². The van der Waals surface area contributed by atoms with Crippen LogP contribution in [0.15, 0.2) is 42.5 Å². The molecule has 2 aliphatic rings. The number of amides is 2. The summed E-state index contributed by atoms with van der Waals surface area (Å²) < 4.78 is 0. The number of carbonyl (C=O) groups is 2. The zero-order valence-electron chi connectivity index (χ0n) is 17.4. The van der Waals surface area contributed by atoms with Gasteiger partial charge in [0.15, 0.2) is 0 Å². The molecule has 2 aromatic carbocycles. The Hall–Kier alpha value is -1.69. The first-order valence-electron chi connectivity index (χ1n) is 10.7. The van der Waals surface area contributed by atoms with E-state index in [2.05, 4.69) is 5.32 Å². The SMILES string of the molecule is Cc1ccccc1C(=O)N1C(C(=O)NC2CCCCC2)CSC1c1ccc(Cl)c(Cl)c1. The molecular formula is C24H26Cl2N2O2S. The van der Waals surface area contributed by atoms with Crippen LogP contribution in [0.4, 0.5) is 0 Å². The number of hydrogen-bond acceptors (Lipinski definition) is 3. The fraction of sp³-hybridized carbons (Fsp3) is 0.417. The number of hydrogen-bond donors (Lipinski definition) is 1. The molecule has 1 heterocycles. The Morgan fingerprint density at radius 3 is 2.48 bits per heavy atom. The van der Waals surface area contributed by atoms with Gasteiger partial charge in [0, 0.05) is 17.4 Å². The zero-order chi connectivity index (χ0) is 22.0. The molecular weight excluding hydrogens is 451 g/mol. The predicted octanol–water partition coefficient (Wildman–Crippen LogP) is 6.01. The molecule has 164 valence electrons. The lowest BCUT2D eigenvalue weighted by molar-refractivity contribution is -0.125. The van der Waals surface area contributed by atoms with Crippen LogP contribution in [0.25, 0.3) is 0 Å². The highest BCUT2D eigenvalue weighted by molar-refractivity contribution is 7.99. The molecule has 0 spiro atoms. The number of carbonyl (C=O) groups excluding carboxylic acids is 2. The maximum atomic E-state index is 13.7. The Morgan fingerprint density at radius 2 is 1.77 bits per heavy atom. The minimum absolute atomic E-state index is 0.0658. The average molecular weight is 477 g/mol. The van der Waals surface area contributed by atoms with Gasteiger partial charge in [0.1, 0.15) is 11.4 Å². The Balaban J connectivity index is 1.65. The maximum Gasteiger partial charge on any atom is 0.256 e. The lowest BCUT2D eigenvalue weighted by Crippen LogP contribution is -2.50. The molecule has 7 heteroatoms. The third-order valence-corrected chi connectivity index (χ3v) is 8.16. The van der Waals surface area contributed by atoms with Gasteiger partial charge in [-0.15, -0.1) is 11.8 Å². The number of nitrogens with zero attached hydrogens (tertiary/aromatic N) is 1. The largest absolute Gasteiger partial charge is 0.352 e. The van der Waals surface area contributed by atoms with Crippen molar-refractivity contribution in [2.24, 2.45) is 0 Å². The van der Waals surface area contributed by atoms with Gasteiger partial charge in [-0.05, 0) is 49.1 Å². The first-order chi connectivity index (χ1) is 15.0. The monoisotopic (exact) mass is 476 g/mol. The molecule has 4 nitrogen and oxygen atoms in total. The van der Waals surface area contributed by atoms with Crippen LogP contribution in [0.1, 0.15) is 59.0 Å². The second-order valence-electron chi connectivity index (χ2n) is 8.25. The lowest BCUT2D eigenvalue weighted by Gasteiger charge is -2.31. The van der Waals surface area contributed by atoms with Crippen LogP contribution in [0.2, 0.25) is 10.0 Å². The smallest absolute Gasteiger partial charge is 0.256 e. The second-order valence-corrected chi connectivity index (χ2v) is 10.2. The molecule has 1 aliphatic heterocycles. The van der Waals surface area contributed by atoms with Crippen LogP contribution < -0.4 is 5.32 Å². The number of nitrogens with one attached hydrogen (secondary N) is 1. The van der Waals surface area contributed by atoms with Gasteiger partial charge in [-0.1, -0.05) is 66.7 Å². The summed E-state index contributed by atoms with van der Waals surface area (Å²) in [4.78, 5) is 28.7. The van der Waals surface area contributed by atoms with E-state index < -0.39 is 6.04 Å². The Kier molecular flexibility index (Phi) is 7.15. The summed E-state index contributed by atoms with van der Waals surface area (Å²) in [6, 6.07) is 12.6. The molecule has 2 unspecified atom stereocenters. The molecule has 2 fully saturated rings. The van der Waals surface area contributed by atoms with Gasteiger partial charge in [-0.3, -0.25) is 9.59 Å². The van der Waals surface area contributed by atoms with E-state index in [1.807, 2.05) is 37.3 Å². The van der Waals surface area contributed by atoms with E-state index in [-0.39, 0.29) is 23.2 Å². The molecule has 1 saturated carbocycles. The van der Waals surface area contributed by atoms with Crippen molar-refractivity contribution in [3.05, 3.63) is 69.2 Å². The van der Waals surface area contributed by atoms with E-state index in [1.54, 1.807) is 28.8 Å². The quantitative estimate of drug-likeness (QED) is 0.587. The van der Waals surface area contributed by atoms with E-state index in [4.69, 9.17) is 23.2 Å². The van der Waals surface area contributed by atoms with Gasteiger partial charge >= 0.3 is 0 Å². The van der Waals surface area contributed by atoms with Crippen molar-refractivity contribution < 1.29 is 9.59 Å². The number of thioether (sulfide) groups is 1. The number of rotatable bonds is 4. The van der Waals surface area contributed by atoms with E-state index in [1.165, 1.54) is 6.42 Å². The summed E-state index contributed by atoms with van der Waals surface area (Å²) in [7, 11) is 0. The molecule has 0 bridgehead atoms. The summed E-state index contributed by atoms with van der Waals surface area (Å²) in [6.45, 7) is 1.92. The van der Waals surface area contributed by atoms with Crippen molar-refractivity contribution in [1.82, 2.24) is 10.2 Å². The molecule has 1 aliphatic carbocycles. The number of halogens is 2. The van der Waals surface area contributed by atoms with Gasteiger partial charge in [0.05, 0.1) is 10.0 Å². The standard InChI is InChI=1S/C24H26Cl2N2O2S/c1-15-7-5-6-10-18(15)23(30)28-21(22(29)27-17-8-3-2-4-9-17)14-31-24(28)16-11-12-19(25)20(26)13-16/h5-7,10-13,17,21,24H,2-4,8-9,14H2,1H3,(H,27,29). The van der Waals surface area contributed by atoms with Crippen LogP contribution in [-0.4, -0.2) is 34.6 Å². The van der Waals surface area contributed by atoms with Crippen molar-refractivity contribution in [3.8, 4) is 0 Å². The van der Waals surface area contributed by atoms with Crippen molar-refractivity contribution in [3.63, 3.8) is 0 Å². The second kappa shape index (κ2) is 9.85. The summed E-state index contributed by atoms with van der Waals surface area (Å²) in [5.74, 6) is 0.341. The topological polar surface area (TPSA) is 49.4 Å². The van der Waals surface area contributed by atoms with Crippen LogP contribution in [0, 0.1) is 6.92 Å². The van der Waals surface area contributed by atoms with Gasteiger partial charge < -0.3 is 10.2 Å². The Morgan fingerprint density at radius 1 is 1.03 bits per heavy atom. The first-order valence-corrected chi connectivity index (χ1v) is 12.5. The lowest BCUT2D eigenvalue weighted by atomic mass is 9.95. The molecule has 2 amide bonds. The Bertz CT molecular complexity index is 978. The van der Waals surface area contributed by atoms with Gasteiger partial charge in [0.25, 0.3) is 5.91 Å². The first kappa shape index (κ1) is 22.5. The molecule has 2 atom stereocenters. The van der Waals surface area contributed by atoms with Crippen molar-refractivity contribution in [2.45, 2.75) is 56.5 Å². The summed E-state index contributed by atoms with van der Waals surface area (Å²) in [5, 5.41) is 3.82. The highest BCUT2D eigenvalue weighted by atomic mass is 35.5. The number of aryl methyl sites for hydroxylation is 1. The van der Waals surface area contributed by atoms with Crippen molar-refractivity contribution in [1.29, 1.82) is 0 Å². The minimum atomic E-state index is -0.529. The Labute approximate surface area is 197 Å². The van der Waals surface area contributed by atoms with E-state index in [9.17, 15) is 9.59 Å². The van der Waals surface area contributed by atoms with Gasteiger partial charge in [-0.25, -0.2) is 0 Å². The normalized spacial score (nSPS) is 21.8. The zero-order valence-corrected chi connectivity index (χ0v) is 19.8. The molecule has 0 aromatic heterocycles. The van der Waals surface area contributed by atoms with Crippen LogP contribution >= 0.6 is 35.0 Å². The number of benzene rings is 2. The van der Waals surface area contributed by atoms with Gasteiger partial charge in [0.2, 0.25) is 5.91 Å². The van der Waals surface area contributed by atoms with Crippen LogP contribution in [0.3, 0.4) is 0 Å². The maximum absolute atomic E-state index is 13.7. The molecule has 2 aromatic rings. The van der Waals surface area contributed by atoms with Gasteiger partial charge in [-0.2, -0.15) is 0 Å². The van der Waals surface area contributed by atoms with E-state index >= 15 is 0 Å².